The van der Waals surface area contributed by atoms with Crippen LogP contribution in [0.15, 0.2) is 53.4 Å². The molecule has 0 bridgehead atoms. The lowest BCUT2D eigenvalue weighted by Gasteiger charge is -2.30. The minimum Gasteiger partial charge on any atom is -0.497 e. The van der Waals surface area contributed by atoms with Crippen LogP contribution in [-0.4, -0.2) is 46.6 Å². The van der Waals surface area contributed by atoms with Crippen LogP contribution in [0.5, 0.6) is 5.75 Å². The van der Waals surface area contributed by atoms with E-state index in [1.54, 1.807) is 24.3 Å². The van der Waals surface area contributed by atoms with E-state index in [4.69, 9.17) is 9.47 Å². The molecule has 2 aromatic carbocycles. The smallest absolute Gasteiger partial charge is 0.338 e. The largest absolute Gasteiger partial charge is 0.497 e. The van der Waals surface area contributed by atoms with E-state index in [0.29, 0.717) is 17.4 Å². The van der Waals surface area contributed by atoms with Crippen LogP contribution in [0.4, 0.5) is 5.69 Å². The van der Waals surface area contributed by atoms with Crippen LogP contribution in [0.1, 0.15) is 49.9 Å². The van der Waals surface area contributed by atoms with E-state index in [1.807, 2.05) is 0 Å². The zero-order valence-corrected chi connectivity index (χ0v) is 20.8. The lowest BCUT2D eigenvalue weighted by molar-refractivity contribution is -0.130. The van der Waals surface area contributed by atoms with Gasteiger partial charge in [0.25, 0.3) is 15.9 Å². The average Bonchev–Trinajstić information content (AvgIpc) is 2.85. The van der Waals surface area contributed by atoms with Gasteiger partial charge in [0.05, 0.1) is 23.3 Å². The van der Waals surface area contributed by atoms with E-state index in [0.717, 1.165) is 30.0 Å². The summed E-state index contributed by atoms with van der Waals surface area (Å²) in [6.45, 7) is 3.62. The number of sulfonamides is 1. The Kier molecular flexibility index (Phi) is 8.19. The topological polar surface area (TPSA) is 102 Å². The van der Waals surface area contributed by atoms with Gasteiger partial charge in [-0.1, -0.05) is 25.8 Å². The predicted molar refractivity (Wildman–Crippen MR) is 129 cm³/mol. The molecule has 0 saturated heterocycles. The number of ether oxygens (including phenoxy) is 2. The molecular weight excluding hydrogens is 456 g/mol. The van der Waals surface area contributed by atoms with Gasteiger partial charge in [0.2, 0.25) is 0 Å². The summed E-state index contributed by atoms with van der Waals surface area (Å²) in [7, 11) is -0.972. The Bertz CT molecular complexity index is 1120. The molecule has 1 fully saturated rings. The Hall–Kier alpha value is -3.07. The van der Waals surface area contributed by atoms with Gasteiger partial charge in [0.1, 0.15) is 5.75 Å². The number of hydrogen-bond donors (Lipinski definition) is 1. The third-order valence-corrected chi connectivity index (χ3v) is 8.04. The van der Waals surface area contributed by atoms with Gasteiger partial charge in [-0.2, -0.15) is 0 Å². The third kappa shape index (κ3) is 5.88. The van der Waals surface area contributed by atoms with Crippen molar-refractivity contribution in [1.29, 1.82) is 0 Å². The molecule has 34 heavy (non-hydrogen) atoms. The number of carbonyl (C=O) groups excluding carboxylic acids is 2. The van der Waals surface area contributed by atoms with Crippen molar-refractivity contribution < 1.29 is 27.5 Å². The van der Waals surface area contributed by atoms with Gasteiger partial charge in [-0.25, -0.2) is 13.2 Å². The highest BCUT2D eigenvalue weighted by atomic mass is 32.2. The first-order chi connectivity index (χ1) is 16.1. The predicted octanol–water partition coefficient (Wildman–Crippen LogP) is 3.76. The van der Waals surface area contributed by atoms with Crippen molar-refractivity contribution in [1.82, 2.24) is 5.32 Å². The summed E-state index contributed by atoms with van der Waals surface area (Å²) in [5.41, 5.74) is 0.492. The van der Waals surface area contributed by atoms with E-state index in [1.165, 1.54) is 45.3 Å². The Balaban J connectivity index is 1.69. The SMILES string of the molecule is COc1ccc(N(C)S(=O)(=O)c2cccc(C(=O)O[C@H](C)C(=O)N[C@H]3CCCC[C@H]3C)c2)cc1. The maximum atomic E-state index is 13.1. The lowest BCUT2D eigenvalue weighted by atomic mass is 9.86. The molecule has 0 radical (unpaired) electrons. The van der Waals surface area contributed by atoms with Gasteiger partial charge in [-0.3, -0.25) is 9.10 Å². The van der Waals surface area contributed by atoms with Gasteiger partial charge < -0.3 is 14.8 Å². The molecular formula is C25H32N2O6S. The molecule has 9 heteroatoms. The van der Waals surface area contributed by atoms with Crippen LogP contribution < -0.4 is 14.4 Å². The molecule has 1 aliphatic carbocycles. The average molecular weight is 489 g/mol. The van der Waals surface area contributed by atoms with Gasteiger partial charge in [0, 0.05) is 13.1 Å². The van der Waals surface area contributed by atoms with Crippen LogP contribution in [0.2, 0.25) is 0 Å². The summed E-state index contributed by atoms with van der Waals surface area (Å²) < 4.78 is 37.8. The highest BCUT2D eigenvalue weighted by Gasteiger charge is 2.27. The molecule has 1 saturated carbocycles. The molecule has 0 aliphatic heterocycles. The minimum atomic E-state index is -3.93. The van der Waals surface area contributed by atoms with E-state index in [-0.39, 0.29) is 22.4 Å². The maximum absolute atomic E-state index is 13.1. The number of benzene rings is 2. The Labute approximate surface area is 201 Å². The number of hydrogen-bond acceptors (Lipinski definition) is 6. The monoisotopic (exact) mass is 488 g/mol. The molecule has 3 atom stereocenters. The molecule has 2 aromatic rings. The van der Waals surface area contributed by atoms with Gasteiger partial charge in [-0.15, -0.1) is 0 Å². The maximum Gasteiger partial charge on any atom is 0.338 e. The number of rotatable bonds is 8. The highest BCUT2D eigenvalue weighted by molar-refractivity contribution is 7.92. The van der Waals surface area contributed by atoms with Gasteiger partial charge >= 0.3 is 5.97 Å². The molecule has 0 spiro atoms. The second-order valence-corrected chi connectivity index (χ2v) is 10.6. The van der Waals surface area contributed by atoms with Crippen molar-refractivity contribution in [2.45, 2.75) is 56.6 Å². The first-order valence-electron chi connectivity index (χ1n) is 11.4. The Morgan fingerprint density at radius 3 is 2.41 bits per heavy atom. The molecule has 184 valence electrons. The van der Waals surface area contributed by atoms with Crippen molar-refractivity contribution in [3.63, 3.8) is 0 Å². The molecule has 1 amide bonds. The fourth-order valence-electron chi connectivity index (χ4n) is 3.99. The van der Waals surface area contributed by atoms with E-state index in [2.05, 4.69) is 12.2 Å². The minimum absolute atomic E-state index is 0.0508. The van der Waals surface area contributed by atoms with Gasteiger partial charge in [-0.05, 0) is 68.1 Å². The quantitative estimate of drug-likeness (QED) is 0.568. The second kappa shape index (κ2) is 10.9. The van der Waals surface area contributed by atoms with Crippen LogP contribution in [0, 0.1) is 5.92 Å². The summed E-state index contributed by atoms with van der Waals surface area (Å²) in [4.78, 5) is 25.2. The first-order valence-corrected chi connectivity index (χ1v) is 12.8. The van der Waals surface area contributed by atoms with Crippen LogP contribution in [0.3, 0.4) is 0 Å². The number of nitrogens with zero attached hydrogens (tertiary/aromatic N) is 1. The third-order valence-electron chi connectivity index (χ3n) is 6.26. The number of nitrogens with one attached hydrogen (secondary N) is 1. The summed E-state index contributed by atoms with van der Waals surface area (Å²) in [5, 5.41) is 2.97. The van der Waals surface area contributed by atoms with E-state index >= 15 is 0 Å². The fraction of sp³-hybridized carbons (Fsp3) is 0.440. The molecule has 8 nitrogen and oxygen atoms in total. The Morgan fingerprint density at radius 2 is 1.76 bits per heavy atom. The number of methoxy groups -OCH3 is 1. The van der Waals surface area contributed by atoms with Gasteiger partial charge in [0.15, 0.2) is 6.10 Å². The van der Waals surface area contributed by atoms with E-state index in [9.17, 15) is 18.0 Å². The van der Waals surface area contributed by atoms with Crippen molar-refractivity contribution in [3.05, 3.63) is 54.1 Å². The fourth-order valence-corrected chi connectivity index (χ4v) is 5.23. The van der Waals surface area contributed by atoms with Crippen LogP contribution in [0.25, 0.3) is 0 Å². The number of anilines is 1. The van der Waals surface area contributed by atoms with Crippen molar-refractivity contribution in [2.24, 2.45) is 5.92 Å². The summed E-state index contributed by atoms with van der Waals surface area (Å²) in [6.07, 6.45) is 3.20. The second-order valence-electron chi connectivity index (χ2n) is 8.62. The zero-order valence-electron chi connectivity index (χ0n) is 20.0. The number of carbonyl (C=O) groups is 2. The van der Waals surface area contributed by atoms with Crippen LogP contribution >= 0.6 is 0 Å². The van der Waals surface area contributed by atoms with Crippen molar-refractivity contribution in [2.75, 3.05) is 18.5 Å². The lowest BCUT2D eigenvalue weighted by Crippen LogP contribution is -2.46. The normalized spacial score (nSPS) is 19.1. The molecule has 1 aliphatic rings. The van der Waals surface area contributed by atoms with Crippen molar-refractivity contribution >= 4 is 27.6 Å². The van der Waals surface area contributed by atoms with E-state index < -0.39 is 22.1 Å². The van der Waals surface area contributed by atoms with Crippen molar-refractivity contribution in [3.8, 4) is 5.75 Å². The molecule has 3 rings (SSSR count). The Morgan fingerprint density at radius 1 is 1.09 bits per heavy atom. The standard InChI is InChI=1S/C25H32N2O6S/c1-17-8-5-6-11-23(17)26-24(28)18(2)33-25(29)19-9-7-10-22(16-19)34(30,31)27(3)20-12-14-21(32-4)15-13-20/h7,9-10,12-18,23H,5-6,8,11H2,1-4H3,(H,26,28)/t17-,18-,23+/m1/s1. The van der Waals surface area contributed by atoms with Crippen LogP contribution in [-0.2, 0) is 19.6 Å². The summed E-state index contributed by atoms with van der Waals surface area (Å²) in [5.74, 6) is -0.126. The summed E-state index contributed by atoms with van der Waals surface area (Å²) in [6, 6.07) is 12.2. The molecule has 0 aromatic heterocycles. The molecule has 0 heterocycles. The number of amides is 1. The molecule has 1 N–H and O–H groups in total. The first kappa shape index (κ1) is 25.6. The summed E-state index contributed by atoms with van der Waals surface area (Å²) >= 11 is 0. The number of esters is 1. The molecule has 0 unspecified atom stereocenters. The highest BCUT2D eigenvalue weighted by Crippen LogP contribution is 2.26. The zero-order chi connectivity index (χ0) is 24.9.